The molecule has 0 saturated heterocycles. The Morgan fingerprint density at radius 1 is 1.07 bits per heavy atom. The molecule has 0 aliphatic carbocycles. The first-order valence-corrected chi connectivity index (χ1v) is 10.9. The molecule has 30 heavy (non-hydrogen) atoms. The van der Waals surface area contributed by atoms with Gasteiger partial charge in [0.1, 0.15) is 10.8 Å². The van der Waals surface area contributed by atoms with Crippen LogP contribution in [0.25, 0.3) is 21.7 Å². The second kappa shape index (κ2) is 8.83. The molecule has 2 heterocycles. The maximum Gasteiger partial charge on any atom is 0.286 e. The number of nitrogens with one attached hydrogen (secondary N) is 1. The molecule has 0 unspecified atom stereocenters. The number of rotatable bonds is 5. The van der Waals surface area contributed by atoms with E-state index in [0.717, 1.165) is 27.5 Å². The summed E-state index contributed by atoms with van der Waals surface area (Å²) in [6, 6.07) is 13.6. The maximum absolute atomic E-state index is 13.1. The molecule has 1 amide bonds. The number of halogens is 2. The zero-order chi connectivity index (χ0) is 21.1. The molecule has 0 radical (unpaired) electrons. The van der Waals surface area contributed by atoms with Crippen molar-refractivity contribution < 1.29 is 9.18 Å². The molecular formula is C21H14ClFN4OS2. The Hall–Kier alpha value is -2.94. The third-order valence-electron chi connectivity index (χ3n) is 4.02. The summed E-state index contributed by atoms with van der Waals surface area (Å²) in [5.74, 6) is -0.642. The lowest BCUT2D eigenvalue weighted by atomic mass is 10.2. The number of benzene rings is 2. The molecule has 0 atom stereocenters. The number of anilines is 1. The first-order chi connectivity index (χ1) is 14.5. The van der Waals surface area contributed by atoms with Crippen LogP contribution in [-0.2, 0) is 0 Å². The maximum atomic E-state index is 13.1. The van der Waals surface area contributed by atoms with Crippen LogP contribution in [0.15, 0.2) is 53.9 Å². The van der Waals surface area contributed by atoms with Crippen molar-refractivity contribution in [3.63, 3.8) is 0 Å². The Kier molecular flexibility index (Phi) is 5.98. The number of thiazole rings is 1. The van der Waals surface area contributed by atoms with Gasteiger partial charge in [-0.2, -0.15) is 0 Å². The minimum absolute atomic E-state index is 0.211. The van der Waals surface area contributed by atoms with Gasteiger partial charge in [-0.25, -0.2) is 9.37 Å². The number of amides is 1. The minimum atomic E-state index is -0.348. The number of aryl methyl sites for hydroxylation is 1. The van der Waals surface area contributed by atoms with Crippen molar-refractivity contribution >= 4 is 57.0 Å². The van der Waals surface area contributed by atoms with Crippen LogP contribution in [0.3, 0.4) is 0 Å². The van der Waals surface area contributed by atoms with Crippen LogP contribution in [-0.4, -0.2) is 21.1 Å². The van der Waals surface area contributed by atoms with Gasteiger partial charge < -0.3 is 5.32 Å². The van der Waals surface area contributed by atoms with Gasteiger partial charge in [0.15, 0.2) is 5.01 Å². The highest BCUT2D eigenvalue weighted by Gasteiger charge is 2.15. The molecule has 0 aliphatic rings. The summed E-state index contributed by atoms with van der Waals surface area (Å²) in [5.41, 5.74) is 3.25. The van der Waals surface area contributed by atoms with Gasteiger partial charge in [-0.15, -0.1) is 21.5 Å². The fraction of sp³-hybridized carbons (Fsp3) is 0.0476. The summed E-state index contributed by atoms with van der Waals surface area (Å²) >= 11 is 8.88. The van der Waals surface area contributed by atoms with Crippen LogP contribution >= 0.6 is 34.3 Å². The normalized spacial score (nSPS) is 11.5. The van der Waals surface area contributed by atoms with Crippen molar-refractivity contribution in [2.24, 2.45) is 0 Å². The Balaban J connectivity index is 1.47. The number of hydrogen-bond acceptors (Lipinski definition) is 6. The highest BCUT2D eigenvalue weighted by atomic mass is 35.5. The molecule has 5 nitrogen and oxygen atoms in total. The standard InChI is InChI=1S/C21H14ClFN4OS2/c1-12-2-8-15(9-3-12)24-18(28)21-27-26-20(30-21)17(22)10-16-11-29-19(25-16)13-4-6-14(23)7-5-13/h2-11H,1H3,(H,24,28)/b17-10-. The van der Waals surface area contributed by atoms with Crippen molar-refractivity contribution in [2.45, 2.75) is 6.92 Å². The Morgan fingerprint density at radius 2 is 1.77 bits per heavy atom. The molecule has 0 fully saturated rings. The largest absolute Gasteiger partial charge is 0.320 e. The zero-order valence-corrected chi connectivity index (χ0v) is 18.0. The topological polar surface area (TPSA) is 67.8 Å². The lowest BCUT2D eigenvalue weighted by Crippen LogP contribution is -2.11. The van der Waals surface area contributed by atoms with E-state index in [4.69, 9.17) is 11.6 Å². The van der Waals surface area contributed by atoms with E-state index in [-0.39, 0.29) is 16.7 Å². The van der Waals surface area contributed by atoms with E-state index in [1.165, 1.54) is 23.5 Å². The van der Waals surface area contributed by atoms with Crippen LogP contribution in [0.2, 0.25) is 0 Å². The molecule has 0 aliphatic heterocycles. The highest BCUT2D eigenvalue weighted by Crippen LogP contribution is 2.29. The van der Waals surface area contributed by atoms with Gasteiger partial charge in [-0.1, -0.05) is 40.6 Å². The number of carbonyl (C=O) groups is 1. The van der Waals surface area contributed by atoms with Gasteiger partial charge in [0.25, 0.3) is 5.91 Å². The second-order valence-corrected chi connectivity index (χ2v) is 8.55. The molecule has 0 spiro atoms. The molecule has 150 valence electrons. The molecule has 2 aromatic carbocycles. The van der Waals surface area contributed by atoms with Crippen molar-refractivity contribution in [1.29, 1.82) is 0 Å². The van der Waals surface area contributed by atoms with Crippen LogP contribution in [0.4, 0.5) is 10.1 Å². The van der Waals surface area contributed by atoms with E-state index in [9.17, 15) is 9.18 Å². The fourth-order valence-corrected chi connectivity index (χ4v) is 4.20. The molecule has 2 aromatic heterocycles. The smallest absolute Gasteiger partial charge is 0.286 e. The number of hydrogen-bond donors (Lipinski definition) is 1. The Labute approximate surface area is 184 Å². The zero-order valence-electron chi connectivity index (χ0n) is 15.6. The molecule has 0 saturated carbocycles. The monoisotopic (exact) mass is 456 g/mol. The van der Waals surface area contributed by atoms with Crippen LogP contribution in [0, 0.1) is 12.7 Å². The third-order valence-corrected chi connectivity index (χ3v) is 6.29. The van der Waals surface area contributed by atoms with E-state index in [1.807, 2.05) is 36.6 Å². The summed E-state index contributed by atoms with van der Waals surface area (Å²) in [5, 5.41) is 14.3. The van der Waals surface area contributed by atoms with Crippen LogP contribution < -0.4 is 5.32 Å². The molecule has 4 aromatic rings. The fourth-order valence-electron chi connectivity index (χ4n) is 2.50. The number of aromatic nitrogens is 3. The lowest BCUT2D eigenvalue weighted by Gasteiger charge is -2.02. The third kappa shape index (κ3) is 4.79. The molecule has 0 bridgehead atoms. The summed E-state index contributed by atoms with van der Waals surface area (Å²) < 4.78 is 13.1. The van der Waals surface area contributed by atoms with Gasteiger partial charge in [0.05, 0.1) is 10.7 Å². The van der Waals surface area contributed by atoms with Crippen molar-refractivity contribution in [3.8, 4) is 10.6 Å². The Bertz CT molecular complexity index is 1220. The van der Waals surface area contributed by atoms with E-state index >= 15 is 0 Å². The van der Waals surface area contributed by atoms with E-state index in [0.29, 0.717) is 21.4 Å². The minimum Gasteiger partial charge on any atom is -0.320 e. The van der Waals surface area contributed by atoms with E-state index in [2.05, 4.69) is 20.5 Å². The summed E-state index contributed by atoms with van der Waals surface area (Å²) in [4.78, 5) is 16.9. The average Bonchev–Trinajstić information content (AvgIpc) is 3.40. The summed E-state index contributed by atoms with van der Waals surface area (Å²) in [7, 11) is 0. The second-order valence-electron chi connectivity index (χ2n) is 6.31. The van der Waals surface area contributed by atoms with Crippen molar-refractivity contribution in [3.05, 3.63) is 81.0 Å². The van der Waals surface area contributed by atoms with Gasteiger partial charge in [-0.05, 0) is 49.4 Å². The van der Waals surface area contributed by atoms with E-state index < -0.39 is 0 Å². The summed E-state index contributed by atoms with van der Waals surface area (Å²) in [6.45, 7) is 1.97. The van der Waals surface area contributed by atoms with E-state index in [1.54, 1.807) is 18.2 Å². The molecule has 9 heteroatoms. The van der Waals surface area contributed by atoms with Gasteiger partial charge >= 0.3 is 0 Å². The average molecular weight is 457 g/mol. The Morgan fingerprint density at radius 3 is 2.50 bits per heavy atom. The first kappa shape index (κ1) is 20.3. The predicted octanol–water partition coefficient (Wildman–Crippen LogP) is 6.10. The molecule has 1 N–H and O–H groups in total. The molecule has 4 rings (SSSR count). The van der Waals surface area contributed by atoms with Gasteiger partial charge in [0.2, 0.25) is 5.01 Å². The number of carbonyl (C=O) groups excluding carboxylic acids is 1. The quantitative estimate of drug-likeness (QED) is 0.394. The van der Waals surface area contributed by atoms with Crippen molar-refractivity contribution in [1.82, 2.24) is 15.2 Å². The van der Waals surface area contributed by atoms with Crippen molar-refractivity contribution in [2.75, 3.05) is 5.32 Å². The summed E-state index contributed by atoms with van der Waals surface area (Å²) in [6.07, 6.45) is 1.66. The SMILES string of the molecule is Cc1ccc(NC(=O)c2nnc(/C(Cl)=C/c3csc(-c4ccc(F)cc4)n3)s2)cc1. The number of nitrogens with zero attached hydrogens (tertiary/aromatic N) is 3. The van der Waals surface area contributed by atoms with Gasteiger partial charge in [-0.3, -0.25) is 4.79 Å². The molecular weight excluding hydrogens is 443 g/mol. The van der Waals surface area contributed by atoms with Crippen LogP contribution in [0.5, 0.6) is 0 Å². The lowest BCUT2D eigenvalue weighted by molar-refractivity contribution is 0.102. The highest BCUT2D eigenvalue weighted by molar-refractivity contribution is 7.15. The van der Waals surface area contributed by atoms with Crippen LogP contribution in [0.1, 0.15) is 26.1 Å². The van der Waals surface area contributed by atoms with Gasteiger partial charge in [0, 0.05) is 16.6 Å². The first-order valence-electron chi connectivity index (χ1n) is 8.78. The predicted molar refractivity (Wildman–Crippen MR) is 120 cm³/mol.